The first-order valence-corrected chi connectivity index (χ1v) is 9.05. The summed E-state index contributed by atoms with van der Waals surface area (Å²) in [5.74, 6) is -2.63. The first-order valence-electron chi connectivity index (χ1n) is 9.05. The van der Waals surface area contributed by atoms with Gasteiger partial charge < -0.3 is 25.6 Å². The van der Waals surface area contributed by atoms with Crippen molar-refractivity contribution in [1.29, 1.82) is 0 Å². The minimum atomic E-state index is -5.03. The Kier molecular flexibility index (Phi) is 7.87. The van der Waals surface area contributed by atoms with Crippen LogP contribution in [0.3, 0.4) is 0 Å². The summed E-state index contributed by atoms with van der Waals surface area (Å²) in [6, 6.07) is -0.936. The summed E-state index contributed by atoms with van der Waals surface area (Å²) < 4.78 is 49.8. The number of esters is 1. The van der Waals surface area contributed by atoms with E-state index in [1.165, 1.54) is 0 Å². The SMILES string of the molecule is COC(=O)C1(NC(=O)OC(C)(C)C)CCC(N=C(C(=CN)C(=O)O)C(F)(F)F)CC1. The fourth-order valence-corrected chi connectivity index (χ4v) is 3.03. The molecule has 0 aromatic rings. The van der Waals surface area contributed by atoms with E-state index in [0.29, 0.717) is 6.20 Å². The van der Waals surface area contributed by atoms with Crippen LogP contribution in [0, 0.1) is 0 Å². The number of carboxylic acids is 1. The molecule has 0 aromatic heterocycles. The summed E-state index contributed by atoms with van der Waals surface area (Å²) in [6.07, 6.45) is -5.80. The minimum absolute atomic E-state index is 0.0397. The molecule has 1 aliphatic carbocycles. The van der Waals surface area contributed by atoms with E-state index in [4.69, 9.17) is 20.3 Å². The molecule has 0 spiro atoms. The van der Waals surface area contributed by atoms with Crippen molar-refractivity contribution >= 4 is 23.7 Å². The Morgan fingerprint density at radius 2 is 1.73 bits per heavy atom. The second-order valence-electron chi connectivity index (χ2n) is 7.79. The first-order chi connectivity index (χ1) is 13.6. The molecular formula is C18H26F3N3O6. The van der Waals surface area contributed by atoms with Crippen molar-refractivity contribution in [2.24, 2.45) is 10.7 Å². The summed E-state index contributed by atoms with van der Waals surface area (Å²) >= 11 is 0. The number of halogens is 3. The average Bonchev–Trinajstić information content (AvgIpc) is 2.59. The quantitative estimate of drug-likeness (QED) is 0.340. The van der Waals surface area contributed by atoms with Crippen LogP contribution in [-0.4, -0.2) is 59.3 Å². The van der Waals surface area contributed by atoms with Gasteiger partial charge in [-0.05, 0) is 46.5 Å². The van der Waals surface area contributed by atoms with E-state index in [1.807, 2.05) is 0 Å². The first kappa shape index (κ1) is 25.2. The van der Waals surface area contributed by atoms with Gasteiger partial charge in [0.1, 0.15) is 16.7 Å². The molecule has 0 radical (unpaired) electrons. The van der Waals surface area contributed by atoms with Crippen LogP contribution < -0.4 is 11.1 Å². The number of nitrogens with zero attached hydrogens (tertiary/aromatic N) is 1. The molecule has 4 N–H and O–H groups in total. The lowest BCUT2D eigenvalue weighted by atomic mass is 9.79. The van der Waals surface area contributed by atoms with E-state index < -0.39 is 52.7 Å². The summed E-state index contributed by atoms with van der Waals surface area (Å²) in [7, 11) is 1.12. The van der Waals surface area contributed by atoms with E-state index in [9.17, 15) is 27.6 Å². The van der Waals surface area contributed by atoms with Gasteiger partial charge in [0.25, 0.3) is 0 Å². The van der Waals surface area contributed by atoms with Crippen molar-refractivity contribution in [3.63, 3.8) is 0 Å². The zero-order chi connectivity index (χ0) is 23.3. The number of carbonyl (C=O) groups is 3. The summed E-state index contributed by atoms with van der Waals surface area (Å²) in [5.41, 5.74) is -0.0472. The van der Waals surface area contributed by atoms with E-state index in [0.717, 1.165) is 7.11 Å². The fraction of sp³-hybridized carbons (Fsp3) is 0.667. The Hall–Kier alpha value is -2.79. The number of methoxy groups -OCH3 is 1. The topological polar surface area (TPSA) is 140 Å². The van der Waals surface area contributed by atoms with Crippen LogP contribution in [0.25, 0.3) is 0 Å². The number of alkyl carbamates (subject to hydrolysis) is 1. The van der Waals surface area contributed by atoms with Crippen molar-refractivity contribution in [2.45, 2.75) is 69.8 Å². The molecular weight excluding hydrogens is 411 g/mol. The number of aliphatic carboxylic acids is 1. The van der Waals surface area contributed by atoms with Gasteiger partial charge in [-0.2, -0.15) is 13.2 Å². The number of nitrogens with one attached hydrogen (secondary N) is 1. The van der Waals surface area contributed by atoms with E-state index in [-0.39, 0.29) is 25.7 Å². The molecule has 1 amide bonds. The number of carbonyl (C=O) groups excluding carboxylic acids is 2. The lowest BCUT2D eigenvalue weighted by molar-refractivity contribution is -0.150. The molecule has 0 heterocycles. The molecule has 1 fully saturated rings. The smallest absolute Gasteiger partial charge is 0.433 e. The Morgan fingerprint density at radius 3 is 2.10 bits per heavy atom. The molecule has 12 heteroatoms. The highest BCUT2D eigenvalue weighted by Crippen LogP contribution is 2.33. The minimum Gasteiger partial charge on any atom is -0.478 e. The third-order valence-electron chi connectivity index (χ3n) is 4.36. The van der Waals surface area contributed by atoms with Gasteiger partial charge in [0.05, 0.1) is 13.2 Å². The highest BCUT2D eigenvalue weighted by molar-refractivity contribution is 6.21. The molecule has 0 bridgehead atoms. The van der Waals surface area contributed by atoms with Crippen LogP contribution >= 0.6 is 0 Å². The number of aliphatic imine (C=N–C) groups is 1. The number of carboxylic acid groups (broad SMARTS) is 1. The summed E-state index contributed by atoms with van der Waals surface area (Å²) in [6.45, 7) is 4.89. The zero-order valence-electron chi connectivity index (χ0n) is 17.1. The molecule has 0 saturated heterocycles. The lowest BCUT2D eigenvalue weighted by Crippen LogP contribution is -2.58. The van der Waals surface area contributed by atoms with Gasteiger partial charge in [0.2, 0.25) is 0 Å². The van der Waals surface area contributed by atoms with E-state index in [1.54, 1.807) is 20.8 Å². The fourth-order valence-electron chi connectivity index (χ4n) is 3.03. The highest BCUT2D eigenvalue weighted by Gasteiger charge is 2.46. The molecule has 1 rings (SSSR count). The van der Waals surface area contributed by atoms with Crippen LogP contribution in [-0.2, 0) is 19.1 Å². The summed E-state index contributed by atoms with van der Waals surface area (Å²) in [4.78, 5) is 39.1. The maximum Gasteiger partial charge on any atom is 0.433 e. The summed E-state index contributed by atoms with van der Waals surface area (Å²) in [5, 5.41) is 11.4. The van der Waals surface area contributed by atoms with Crippen molar-refractivity contribution in [2.75, 3.05) is 7.11 Å². The van der Waals surface area contributed by atoms with Crippen molar-refractivity contribution in [1.82, 2.24) is 5.32 Å². The number of amides is 1. The Bertz CT molecular complexity index is 732. The molecule has 0 atom stereocenters. The third-order valence-corrected chi connectivity index (χ3v) is 4.36. The molecule has 170 valence electrons. The Morgan fingerprint density at radius 1 is 1.20 bits per heavy atom. The van der Waals surface area contributed by atoms with E-state index >= 15 is 0 Å². The zero-order valence-corrected chi connectivity index (χ0v) is 17.1. The van der Waals surface area contributed by atoms with Crippen LogP contribution in [0.2, 0.25) is 0 Å². The van der Waals surface area contributed by atoms with Crippen molar-refractivity contribution < 1.29 is 42.1 Å². The second-order valence-corrected chi connectivity index (χ2v) is 7.79. The molecule has 0 aliphatic heterocycles. The normalized spacial score (nSPS) is 23.5. The van der Waals surface area contributed by atoms with Crippen molar-refractivity contribution in [3.05, 3.63) is 11.8 Å². The highest BCUT2D eigenvalue weighted by atomic mass is 19.4. The van der Waals surface area contributed by atoms with Crippen LogP contribution in [0.4, 0.5) is 18.0 Å². The monoisotopic (exact) mass is 437 g/mol. The number of hydrogen-bond acceptors (Lipinski definition) is 7. The maximum atomic E-state index is 13.3. The number of hydrogen-bond donors (Lipinski definition) is 3. The molecule has 1 aliphatic rings. The van der Waals surface area contributed by atoms with Gasteiger partial charge in [-0.1, -0.05) is 0 Å². The average molecular weight is 437 g/mol. The molecule has 9 nitrogen and oxygen atoms in total. The number of nitrogens with two attached hydrogens (primary N) is 1. The molecule has 0 unspecified atom stereocenters. The number of ether oxygens (including phenoxy) is 2. The Balaban J connectivity index is 3.09. The van der Waals surface area contributed by atoms with Crippen LogP contribution in [0.1, 0.15) is 46.5 Å². The third kappa shape index (κ3) is 6.63. The Labute approximate surface area is 171 Å². The van der Waals surface area contributed by atoms with Crippen LogP contribution in [0.5, 0.6) is 0 Å². The standard InChI is InChI=1S/C18H26F3N3O6/c1-16(2,3)30-15(28)24-17(14(27)29-4)7-5-10(6-8-17)23-12(18(19,20)21)11(9-22)13(25)26/h9-10H,5-8,22H2,1-4H3,(H,24,28)(H,25,26). The van der Waals surface area contributed by atoms with Gasteiger partial charge in [0.15, 0.2) is 5.71 Å². The number of alkyl halides is 3. The van der Waals surface area contributed by atoms with Gasteiger partial charge in [0, 0.05) is 6.20 Å². The largest absolute Gasteiger partial charge is 0.478 e. The van der Waals surface area contributed by atoms with Gasteiger partial charge in [-0.3, -0.25) is 4.99 Å². The van der Waals surface area contributed by atoms with Crippen molar-refractivity contribution in [3.8, 4) is 0 Å². The predicted molar refractivity (Wildman–Crippen MR) is 99.8 cm³/mol. The van der Waals surface area contributed by atoms with Gasteiger partial charge in [-0.15, -0.1) is 0 Å². The van der Waals surface area contributed by atoms with Crippen LogP contribution in [0.15, 0.2) is 16.8 Å². The van der Waals surface area contributed by atoms with Gasteiger partial charge in [-0.25, -0.2) is 14.4 Å². The number of rotatable bonds is 5. The molecule has 1 saturated carbocycles. The van der Waals surface area contributed by atoms with Gasteiger partial charge >= 0.3 is 24.2 Å². The lowest BCUT2D eigenvalue weighted by Gasteiger charge is -2.37. The second kappa shape index (κ2) is 9.35. The molecule has 30 heavy (non-hydrogen) atoms. The predicted octanol–water partition coefficient (Wildman–Crippen LogP) is 2.30. The van der Waals surface area contributed by atoms with E-state index in [2.05, 4.69) is 10.3 Å². The maximum absolute atomic E-state index is 13.3. The molecule has 0 aromatic carbocycles.